The molecule has 3 atom stereocenters. The second-order valence-electron chi connectivity index (χ2n) is 6.35. The number of nitrogens with one attached hydrogen (secondary N) is 1. The summed E-state index contributed by atoms with van der Waals surface area (Å²) in [5, 5.41) is 9.79. The molecule has 13 heteroatoms. The molecule has 1 aromatic heterocycles. The van der Waals surface area contributed by atoms with Gasteiger partial charge in [0, 0.05) is 18.2 Å². The topological polar surface area (TPSA) is 221 Å². The maximum absolute atomic E-state index is 11.7. The monoisotopic (exact) mass is 448 g/mol. The number of phosphoric ester groups is 1. The summed E-state index contributed by atoms with van der Waals surface area (Å²) in [7, 11) is -4.67. The van der Waals surface area contributed by atoms with Crippen molar-refractivity contribution in [3.63, 3.8) is 0 Å². The van der Waals surface area contributed by atoms with Crippen LogP contribution in [0.15, 0.2) is 46.1 Å². The molecule has 1 fully saturated rings. The Hall–Kier alpha value is -2.15. The lowest BCUT2D eigenvalue weighted by molar-refractivity contribution is -0.0451. The molecule has 10 N–H and O–H groups in total. The molecular formula is C17H29N4O8P. The van der Waals surface area contributed by atoms with E-state index in [0.717, 1.165) is 4.57 Å². The minimum atomic E-state index is -4.67. The van der Waals surface area contributed by atoms with Crippen molar-refractivity contribution in [3.05, 3.63) is 68.5 Å². The van der Waals surface area contributed by atoms with Crippen LogP contribution in [0, 0.1) is 13.8 Å². The van der Waals surface area contributed by atoms with Gasteiger partial charge in [-0.3, -0.25) is 18.9 Å². The molecule has 0 saturated carbocycles. The van der Waals surface area contributed by atoms with Gasteiger partial charge in [0.15, 0.2) is 0 Å². The van der Waals surface area contributed by atoms with Crippen LogP contribution in [0.25, 0.3) is 0 Å². The predicted molar refractivity (Wildman–Crippen MR) is 110 cm³/mol. The first-order valence-electron chi connectivity index (χ1n) is 8.44. The van der Waals surface area contributed by atoms with Crippen molar-refractivity contribution >= 4 is 7.82 Å². The Morgan fingerprint density at radius 2 is 1.80 bits per heavy atom. The van der Waals surface area contributed by atoms with Crippen LogP contribution in [-0.2, 0) is 13.8 Å². The number of hydrogen-bond acceptors (Lipinski definition) is 8. The zero-order chi connectivity index (χ0) is 20.9. The van der Waals surface area contributed by atoms with Crippen LogP contribution in [0.1, 0.15) is 23.8 Å². The molecule has 1 saturated heterocycles. The fourth-order valence-electron chi connectivity index (χ4n) is 2.54. The van der Waals surface area contributed by atoms with E-state index in [4.69, 9.17) is 14.5 Å². The van der Waals surface area contributed by atoms with Gasteiger partial charge in [-0.2, -0.15) is 0 Å². The third-order valence-corrected chi connectivity index (χ3v) is 4.49. The van der Waals surface area contributed by atoms with E-state index in [1.807, 2.05) is 18.2 Å². The number of ether oxygens (including phenoxy) is 1. The normalized spacial score (nSPS) is 20.4. The van der Waals surface area contributed by atoms with Gasteiger partial charge in [0.05, 0.1) is 12.7 Å². The molecule has 2 heterocycles. The van der Waals surface area contributed by atoms with E-state index in [1.165, 1.54) is 18.7 Å². The molecule has 1 aliphatic rings. The Morgan fingerprint density at radius 3 is 2.30 bits per heavy atom. The quantitative estimate of drug-likeness (QED) is 0.363. The number of aliphatic hydroxyl groups is 1. The molecule has 1 aromatic carbocycles. The van der Waals surface area contributed by atoms with Crippen LogP contribution in [0.3, 0.4) is 0 Å². The summed E-state index contributed by atoms with van der Waals surface area (Å²) >= 11 is 0. The molecule has 3 rings (SSSR count). The minimum Gasteiger partial charge on any atom is -0.390 e. The van der Waals surface area contributed by atoms with Crippen LogP contribution in [0.4, 0.5) is 0 Å². The van der Waals surface area contributed by atoms with Gasteiger partial charge in [0.1, 0.15) is 12.3 Å². The highest BCUT2D eigenvalue weighted by molar-refractivity contribution is 7.46. The first-order valence-corrected chi connectivity index (χ1v) is 9.97. The highest BCUT2D eigenvalue weighted by Crippen LogP contribution is 2.38. The van der Waals surface area contributed by atoms with E-state index in [1.54, 1.807) is 0 Å². The number of hydrogen-bond donors (Lipinski definition) is 6. The van der Waals surface area contributed by atoms with E-state index in [0.29, 0.717) is 5.56 Å². The standard InChI is InChI=1S/C10H15N2O8P.C7H8.2H3N/c1-5-3-12(10(15)11-9(5)14)8-2-6(13)7(20-8)4-19-21(16,17)18;1-7-5-3-2-4-6-7;;/h3,6-8,13H,2,4H2,1H3,(H,11,14,15)(H2,16,17,18);2-6H,1H3;2*1H3/t6-,7+,8+;;;/m0.../s1. The number of phosphoric acid groups is 1. The smallest absolute Gasteiger partial charge is 0.390 e. The average molecular weight is 448 g/mol. The van der Waals surface area contributed by atoms with Gasteiger partial charge in [-0.05, 0) is 13.8 Å². The molecule has 12 nitrogen and oxygen atoms in total. The fraction of sp³-hybridized carbons (Fsp3) is 0.412. The Labute approximate surface area is 172 Å². The van der Waals surface area contributed by atoms with Crippen LogP contribution >= 0.6 is 7.82 Å². The predicted octanol–water partition coefficient (Wildman–Crippen LogP) is 0.922. The lowest BCUT2D eigenvalue weighted by Crippen LogP contribution is -2.33. The molecule has 1 aliphatic heterocycles. The summed E-state index contributed by atoms with van der Waals surface area (Å²) in [6, 6.07) is 10.3. The zero-order valence-electron chi connectivity index (χ0n) is 16.8. The van der Waals surface area contributed by atoms with E-state index in [9.17, 15) is 19.3 Å². The summed E-state index contributed by atoms with van der Waals surface area (Å²) in [6.07, 6.45) is -1.57. The van der Waals surface area contributed by atoms with Gasteiger partial charge in [-0.1, -0.05) is 35.9 Å². The fourth-order valence-corrected chi connectivity index (χ4v) is 2.88. The number of aromatic amines is 1. The van der Waals surface area contributed by atoms with E-state index in [-0.39, 0.29) is 18.7 Å². The van der Waals surface area contributed by atoms with Crippen LogP contribution < -0.4 is 23.6 Å². The third-order valence-electron chi connectivity index (χ3n) is 4.01. The van der Waals surface area contributed by atoms with Gasteiger partial charge < -0.3 is 31.9 Å². The highest BCUT2D eigenvalue weighted by Gasteiger charge is 2.37. The Kier molecular flexibility index (Phi) is 11.0. The number of aromatic nitrogens is 2. The summed E-state index contributed by atoms with van der Waals surface area (Å²) < 4.78 is 21.4. The maximum atomic E-state index is 11.7. The largest absolute Gasteiger partial charge is 0.469 e. The lowest BCUT2D eigenvalue weighted by Gasteiger charge is -2.16. The maximum Gasteiger partial charge on any atom is 0.469 e. The second kappa shape index (κ2) is 11.9. The summed E-state index contributed by atoms with van der Waals surface area (Å²) in [4.78, 5) is 42.3. The van der Waals surface area contributed by atoms with Crippen molar-refractivity contribution in [1.29, 1.82) is 0 Å². The Balaban J connectivity index is 0.000000797. The van der Waals surface area contributed by atoms with Crippen LogP contribution in [0.5, 0.6) is 0 Å². The number of nitrogens with zero attached hydrogens (tertiary/aromatic N) is 1. The average Bonchev–Trinajstić information content (AvgIpc) is 2.97. The number of benzene rings is 1. The molecule has 0 radical (unpaired) electrons. The molecule has 0 amide bonds. The van der Waals surface area contributed by atoms with Crippen molar-refractivity contribution in [2.45, 2.75) is 38.7 Å². The van der Waals surface area contributed by atoms with Crippen molar-refractivity contribution < 1.29 is 28.7 Å². The molecule has 30 heavy (non-hydrogen) atoms. The van der Waals surface area contributed by atoms with Crippen molar-refractivity contribution in [2.75, 3.05) is 6.61 Å². The van der Waals surface area contributed by atoms with Crippen LogP contribution in [-0.4, -0.2) is 43.3 Å². The van der Waals surface area contributed by atoms with E-state index < -0.39 is 44.1 Å². The van der Waals surface area contributed by atoms with E-state index in [2.05, 4.69) is 28.6 Å². The molecule has 0 spiro atoms. The molecule has 170 valence electrons. The van der Waals surface area contributed by atoms with Gasteiger partial charge >= 0.3 is 13.5 Å². The number of H-pyrrole nitrogens is 1. The zero-order valence-corrected chi connectivity index (χ0v) is 17.7. The summed E-state index contributed by atoms with van der Waals surface area (Å²) in [5.74, 6) is 0. The molecule has 0 bridgehead atoms. The molecule has 0 aliphatic carbocycles. The number of aryl methyl sites for hydroxylation is 2. The van der Waals surface area contributed by atoms with Crippen molar-refractivity contribution in [3.8, 4) is 0 Å². The Morgan fingerprint density at radius 1 is 1.20 bits per heavy atom. The minimum absolute atomic E-state index is 0. The first-order chi connectivity index (χ1) is 13.1. The summed E-state index contributed by atoms with van der Waals surface area (Å²) in [6.45, 7) is 3.08. The van der Waals surface area contributed by atoms with Gasteiger partial charge in [-0.25, -0.2) is 9.36 Å². The molecule has 2 aromatic rings. The summed E-state index contributed by atoms with van der Waals surface area (Å²) in [5.41, 5.74) is 0.403. The SMILES string of the molecule is Cc1ccccc1.Cc1cn([C@H]2C[C@H](O)[C@@H](COP(=O)(O)O)O2)c(=O)[nH]c1=O.N.N. The molecular weight excluding hydrogens is 419 g/mol. The third kappa shape index (κ3) is 8.30. The van der Waals surface area contributed by atoms with Crippen LogP contribution in [0.2, 0.25) is 0 Å². The highest BCUT2D eigenvalue weighted by atomic mass is 31.2. The number of aliphatic hydroxyl groups excluding tert-OH is 1. The van der Waals surface area contributed by atoms with Crippen molar-refractivity contribution in [1.82, 2.24) is 21.9 Å². The Bertz CT molecular complexity index is 943. The lowest BCUT2D eigenvalue weighted by atomic mass is 10.2. The van der Waals surface area contributed by atoms with E-state index >= 15 is 0 Å². The molecule has 0 unspecified atom stereocenters. The van der Waals surface area contributed by atoms with Gasteiger partial charge in [-0.15, -0.1) is 0 Å². The first kappa shape index (κ1) is 27.8. The second-order valence-corrected chi connectivity index (χ2v) is 7.59. The van der Waals surface area contributed by atoms with Gasteiger partial charge in [0.25, 0.3) is 5.56 Å². The number of rotatable bonds is 4. The van der Waals surface area contributed by atoms with Crippen molar-refractivity contribution in [2.24, 2.45) is 0 Å². The van der Waals surface area contributed by atoms with Gasteiger partial charge in [0.2, 0.25) is 0 Å².